The lowest BCUT2D eigenvalue weighted by Crippen LogP contribution is -2.40. The molecule has 2 aromatic rings. The van der Waals surface area contributed by atoms with Gasteiger partial charge in [0.1, 0.15) is 0 Å². The van der Waals surface area contributed by atoms with Crippen LogP contribution in [0.5, 0.6) is 0 Å². The third-order valence-electron chi connectivity index (χ3n) is 6.72. The van der Waals surface area contributed by atoms with Gasteiger partial charge in [0.15, 0.2) is 0 Å². The van der Waals surface area contributed by atoms with Crippen LogP contribution in [0.15, 0.2) is 48.5 Å². The van der Waals surface area contributed by atoms with E-state index in [1.165, 1.54) is 24.3 Å². The quantitative estimate of drug-likeness (QED) is 0.540. The Bertz CT molecular complexity index is 984. The van der Waals surface area contributed by atoms with Crippen LogP contribution >= 0.6 is 0 Å². The Balaban J connectivity index is 1.52. The molecule has 9 heteroatoms. The van der Waals surface area contributed by atoms with Gasteiger partial charge >= 0.3 is 18.3 Å². The van der Waals surface area contributed by atoms with Crippen LogP contribution in [0.1, 0.15) is 41.0 Å². The second kappa shape index (κ2) is 8.66. The second-order valence-electron chi connectivity index (χ2n) is 9.05. The third-order valence-corrected chi connectivity index (χ3v) is 6.72. The van der Waals surface area contributed by atoms with Crippen LogP contribution in [0.25, 0.3) is 0 Å². The highest BCUT2D eigenvalue weighted by molar-refractivity contribution is 5.73. The number of aliphatic carboxylic acids is 1. The highest BCUT2D eigenvalue weighted by Gasteiger charge is 2.49. The summed E-state index contributed by atoms with van der Waals surface area (Å²) in [4.78, 5) is 13.4. The van der Waals surface area contributed by atoms with Crippen molar-refractivity contribution in [1.29, 1.82) is 0 Å². The zero-order chi connectivity index (χ0) is 24.0. The predicted molar refractivity (Wildman–Crippen MR) is 108 cm³/mol. The summed E-state index contributed by atoms with van der Waals surface area (Å²) in [7, 11) is 0. The molecular formula is C24H23F6NO2. The highest BCUT2D eigenvalue weighted by Crippen LogP contribution is 2.49. The summed E-state index contributed by atoms with van der Waals surface area (Å²) in [6.07, 6.45) is -7.59. The summed E-state index contributed by atoms with van der Waals surface area (Å²) in [6.45, 7) is 1.52. The molecule has 0 aromatic heterocycles. The van der Waals surface area contributed by atoms with E-state index in [-0.39, 0.29) is 17.8 Å². The van der Waals surface area contributed by atoms with Crippen LogP contribution in [0.3, 0.4) is 0 Å². The molecule has 0 radical (unpaired) electrons. The number of rotatable bonds is 5. The summed E-state index contributed by atoms with van der Waals surface area (Å²) < 4.78 is 77.3. The van der Waals surface area contributed by atoms with E-state index in [1.54, 1.807) is 0 Å². The van der Waals surface area contributed by atoms with Crippen molar-refractivity contribution < 1.29 is 36.2 Å². The lowest BCUT2D eigenvalue weighted by molar-refractivity contribution is -0.139. The number of benzene rings is 2. The number of piperidine rings is 1. The topological polar surface area (TPSA) is 40.5 Å². The summed E-state index contributed by atoms with van der Waals surface area (Å²) in [5.41, 5.74) is -0.0147. The molecule has 1 aliphatic heterocycles. The third kappa shape index (κ3) is 5.51. The van der Waals surface area contributed by atoms with Crippen LogP contribution in [-0.2, 0) is 23.7 Å². The monoisotopic (exact) mass is 471 g/mol. The van der Waals surface area contributed by atoms with Gasteiger partial charge in [0.2, 0.25) is 0 Å². The van der Waals surface area contributed by atoms with Gasteiger partial charge in [-0.3, -0.25) is 9.69 Å². The van der Waals surface area contributed by atoms with Crippen LogP contribution in [0.2, 0.25) is 0 Å². The maximum Gasteiger partial charge on any atom is 0.416 e. The lowest BCUT2D eigenvalue weighted by atomic mass is 9.81. The minimum Gasteiger partial charge on any atom is -0.481 e. The largest absolute Gasteiger partial charge is 0.481 e. The number of carbonyl (C=O) groups is 1. The van der Waals surface area contributed by atoms with Gasteiger partial charge in [0.05, 0.1) is 17.0 Å². The van der Waals surface area contributed by atoms with Crippen LogP contribution in [0.4, 0.5) is 26.3 Å². The van der Waals surface area contributed by atoms with E-state index in [9.17, 15) is 36.2 Å². The molecule has 2 aromatic carbocycles. The number of halogens is 6. The zero-order valence-corrected chi connectivity index (χ0v) is 17.5. The number of hydrogen-bond acceptors (Lipinski definition) is 2. The smallest absolute Gasteiger partial charge is 0.416 e. The van der Waals surface area contributed by atoms with Crippen molar-refractivity contribution in [1.82, 2.24) is 4.90 Å². The Hall–Kier alpha value is -2.55. The van der Waals surface area contributed by atoms with E-state index in [0.717, 1.165) is 29.8 Å². The summed E-state index contributed by atoms with van der Waals surface area (Å²) in [6, 6.07) is 9.96. The van der Waals surface area contributed by atoms with Crippen LogP contribution < -0.4 is 0 Å². The molecule has 0 bridgehead atoms. The molecule has 1 saturated carbocycles. The number of alkyl halides is 6. The number of carboxylic acid groups (broad SMARTS) is 1. The molecule has 0 spiro atoms. The Labute approximate surface area is 187 Å². The fraction of sp³-hybridized carbons (Fsp3) is 0.458. The molecule has 1 aliphatic carbocycles. The van der Waals surface area contributed by atoms with Crippen molar-refractivity contribution in [2.45, 2.75) is 37.7 Å². The first kappa shape index (κ1) is 23.6. The standard InChI is InChI=1S/C24H23F6NO2/c25-23(26,27)18-5-1-14(2-6-18)11-31-12-16(9-17(13-31)20-10-21(20)22(32)33)15-3-7-19(8-4-15)24(28,29)30/h1-8,16-17,20-21H,9-13H2,(H,32,33). The minimum absolute atomic E-state index is 0.00912. The van der Waals surface area contributed by atoms with E-state index >= 15 is 0 Å². The average Bonchev–Trinajstić information content (AvgIpc) is 3.54. The fourth-order valence-electron chi connectivity index (χ4n) is 4.93. The van der Waals surface area contributed by atoms with Gasteiger partial charge in [0.25, 0.3) is 0 Å². The van der Waals surface area contributed by atoms with Gasteiger partial charge in [-0.1, -0.05) is 24.3 Å². The Kier molecular flexibility index (Phi) is 6.20. The lowest BCUT2D eigenvalue weighted by Gasteiger charge is -2.38. The number of likely N-dealkylation sites (tertiary alicyclic amines) is 1. The van der Waals surface area contributed by atoms with E-state index in [4.69, 9.17) is 0 Å². The van der Waals surface area contributed by atoms with Crippen molar-refractivity contribution in [3.63, 3.8) is 0 Å². The van der Waals surface area contributed by atoms with Gasteiger partial charge in [-0.2, -0.15) is 26.3 Å². The molecule has 1 saturated heterocycles. The second-order valence-corrected chi connectivity index (χ2v) is 9.05. The molecule has 4 rings (SSSR count). The Morgan fingerprint density at radius 3 is 1.88 bits per heavy atom. The van der Waals surface area contributed by atoms with Crippen LogP contribution in [-0.4, -0.2) is 29.1 Å². The summed E-state index contributed by atoms with van der Waals surface area (Å²) in [5.74, 6) is -1.27. The first-order valence-electron chi connectivity index (χ1n) is 10.7. The predicted octanol–water partition coefficient (Wildman–Crippen LogP) is 6.05. The number of carboxylic acids is 1. The molecule has 4 unspecified atom stereocenters. The molecule has 178 valence electrons. The van der Waals surface area contributed by atoms with Gasteiger partial charge in [-0.25, -0.2) is 0 Å². The number of hydrogen-bond donors (Lipinski definition) is 1. The van der Waals surface area contributed by atoms with E-state index in [0.29, 0.717) is 38.0 Å². The molecule has 0 amide bonds. The maximum absolute atomic E-state index is 12.9. The van der Waals surface area contributed by atoms with E-state index < -0.39 is 35.4 Å². The normalized spacial score (nSPS) is 26.2. The molecule has 2 fully saturated rings. The van der Waals surface area contributed by atoms with Gasteiger partial charge in [-0.15, -0.1) is 0 Å². The van der Waals surface area contributed by atoms with Crippen molar-refractivity contribution in [2.24, 2.45) is 17.8 Å². The molecular weight excluding hydrogens is 448 g/mol. The molecule has 4 atom stereocenters. The van der Waals surface area contributed by atoms with Crippen molar-refractivity contribution >= 4 is 5.97 Å². The van der Waals surface area contributed by atoms with Crippen molar-refractivity contribution in [3.05, 3.63) is 70.8 Å². The number of nitrogens with zero attached hydrogens (tertiary/aromatic N) is 1. The van der Waals surface area contributed by atoms with Crippen LogP contribution in [0, 0.1) is 17.8 Å². The Morgan fingerprint density at radius 2 is 1.39 bits per heavy atom. The Morgan fingerprint density at radius 1 is 0.848 bits per heavy atom. The maximum atomic E-state index is 12.9. The molecule has 3 nitrogen and oxygen atoms in total. The zero-order valence-electron chi connectivity index (χ0n) is 17.5. The van der Waals surface area contributed by atoms with E-state index in [1.807, 2.05) is 0 Å². The molecule has 2 aliphatic rings. The average molecular weight is 471 g/mol. The first-order chi connectivity index (χ1) is 15.4. The first-order valence-corrected chi connectivity index (χ1v) is 10.7. The van der Waals surface area contributed by atoms with Crippen molar-refractivity contribution in [2.75, 3.05) is 13.1 Å². The van der Waals surface area contributed by atoms with Gasteiger partial charge in [0, 0.05) is 19.6 Å². The highest BCUT2D eigenvalue weighted by atomic mass is 19.4. The SMILES string of the molecule is O=C(O)C1CC1C1CC(c2ccc(C(F)(F)F)cc2)CN(Cc2ccc(C(F)(F)F)cc2)C1. The van der Waals surface area contributed by atoms with Gasteiger partial charge < -0.3 is 5.11 Å². The van der Waals surface area contributed by atoms with Crippen molar-refractivity contribution in [3.8, 4) is 0 Å². The molecule has 1 heterocycles. The summed E-state index contributed by atoms with van der Waals surface area (Å²) in [5, 5.41) is 9.32. The van der Waals surface area contributed by atoms with E-state index in [2.05, 4.69) is 4.90 Å². The minimum atomic E-state index is -4.43. The fourth-order valence-corrected chi connectivity index (χ4v) is 4.93. The molecule has 1 N–H and O–H groups in total. The molecule has 33 heavy (non-hydrogen) atoms. The summed E-state index contributed by atoms with van der Waals surface area (Å²) >= 11 is 0. The van der Waals surface area contributed by atoms with Gasteiger partial charge in [-0.05, 0) is 66.0 Å².